The molecule has 112 valence electrons. The first kappa shape index (κ1) is 14.9. The highest BCUT2D eigenvalue weighted by Crippen LogP contribution is 2.52. The highest BCUT2D eigenvalue weighted by molar-refractivity contribution is 6.58. The maximum atomic E-state index is 12.2. The third-order valence-corrected chi connectivity index (χ3v) is 4.41. The second kappa shape index (κ2) is 4.51. The van der Waals surface area contributed by atoms with Gasteiger partial charge >= 0.3 is 15.1 Å². The maximum Gasteiger partial charge on any atom is 0.353 e. The molecule has 1 spiro atoms. The standard InChI is InChI=1S/C10H10Cl4N2O4/c11-8(12)6(17)15-4-2-1-3-5-16-7(18)9(13,14)20-10(15,16)19-8/h1-5H2. The monoisotopic (exact) mass is 362 g/mol. The first-order valence-electron chi connectivity index (χ1n) is 6.01. The lowest BCUT2D eigenvalue weighted by atomic mass is 10.2. The van der Waals surface area contributed by atoms with Gasteiger partial charge in [0.05, 0.1) is 0 Å². The van der Waals surface area contributed by atoms with Crippen LogP contribution in [0.15, 0.2) is 0 Å². The van der Waals surface area contributed by atoms with Gasteiger partial charge in [0, 0.05) is 13.1 Å². The topological polar surface area (TPSA) is 59.1 Å². The summed E-state index contributed by atoms with van der Waals surface area (Å²) in [6, 6.07) is -1.87. The first-order chi connectivity index (χ1) is 9.21. The zero-order valence-corrected chi connectivity index (χ0v) is 13.1. The highest BCUT2D eigenvalue weighted by atomic mass is 35.5. The van der Waals surface area contributed by atoms with Crippen LogP contribution in [0.1, 0.15) is 19.3 Å². The van der Waals surface area contributed by atoms with Gasteiger partial charge in [0.25, 0.3) is 11.8 Å². The molecule has 0 radical (unpaired) electrons. The minimum atomic E-state index is -2.14. The van der Waals surface area contributed by atoms with Gasteiger partial charge in [-0.1, -0.05) is 46.4 Å². The molecule has 0 unspecified atom stereocenters. The van der Waals surface area contributed by atoms with Crippen molar-refractivity contribution in [2.24, 2.45) is 0 Å². The molecule has 3 aliphatic heterocycles. The summed E-state index contributed by atoms with van der Waals surface area (Å²) in [6.07, 6.45) is 2.21. The van der Waals surface area contributed by atoms with Gasteiger partial charge < -0.3 is 0 Å². The van der Waals surface area contributed by atoms with Gasteiger partial charge in [-0.2, -0.15) is 0 Å². The Morgan fingerprint density at radius 1 is 0.800 bits per heavy atom. The van der Waals surface area contributed by atoms with E-state index in [1.54, 1.807) is 0 Å². The number of alkyl halides is 4. The number of halogens is 4. The molecular weight excluding hydrogens is 354 g/mol. The minimum absolute atomic E-state index is 0.271. The average molecular weight is 364 g/mol. The normalized spacial score (nSPS) is 30.8. The van der Waals surface area contributed by atoms with Gasteiger partial charge in [-0.3, -0.25) is 28.9 Å². The van der Waals surface area contributed by atoms with E-state index in [0.717, 1.165) is 16.2 Å². The first-order valence-corrected chi connectivity index (χ1v) is 7.52. The van der Waals surface area contributed by atoms with E-state index in [1.165, 1.54) is 0 Å². The number of amides is 2. The third kappa shape index (κ3) is 1.93. The predicted molar refractivity (Wildman–Crippen MR) is 71.1 cm³/mol. The number of carbonyl (C=O) groups excluding carboxylic acids is 2. The van der Waals surface area contributed by atoms with Gasteiger partial charge in [0.15, 0.2) is 0 Å². The molecule has 0 aliphatic carbocycles. The van der Waals surface area contributed by atoms with Crippen molar-refractivity contribution in [2.75, 3.05) is 13.1 Å². The SMILES string of the molecule is O=C1N2CCCCCN3C(=O)C(Cl)(Cl)OC23OC1(Cl)Cl. The van der Waals surface area contributed by atoms with E-state index >= 15 is 0 Å². The number of hydrogen-bond donors (Lipinski definition) is 0. The number of hydrogen-bond acceptors (Lipinski definition) is 4. The Hall–Kier alpha value is 0.0200. The molecule has 20 heavy (non-hydrogen) atoms. The van der Waals surface area contributed by atoms with Crippen LogP contribution in [0.4, 0.5) is 0 Å². The number of nitrogens with zero attached hydrogens (tertiary/aromatic N) is 2. The molecule has 0 N–H and O–H groups in total. The van der Waals surface area contributed by atoms with Crippen molar-refractivity contribution in [1.82, 2.24) is 9.80 Å². The largest absolute Gasteiger partial charge is 0.353 e. The van der Waals surface area contributed by atoms with Gasteiger partial charge in [0.1, 0.15) is 0 Å². The van der Waals surface area contributed by atoms with Crippen molar-refractivity contribution in [3.63, 3.8) is 0 Å². The van der Waals surface area contributed by atoms with E-state index in [-0.39, 0.29) is 13.1 Å². The molecule has 0 atom stereocenters. The molecule has 0 saturated carbocycles. The Morgan fingerprint density at radius 2 is 1.20 bits per heavy atom. The van der Waals surface area contributed by atoms with Gasteiger partial charge in [-0.05, 0) is 19.3 Å². The van der Waals surface area contributed by atoms with Crippen LogP contribution < -0.4 is 0 Å². The minimum Gasteiger partial charge on any atom is -0.269 e. The van der Waals surface area contributed by atoms with Crippen molar-refractivity contribution in [1.29, 1.82) is 0 Å². The zero-order chi connectivity index (χ0) is 14.8. The Bertz CT molecular complexity index is 442. The molecule has 0 aromatic heterocycles. The fourth-order valence-corrected chi connectivity index (χ4v) is 3.39. The third-order valence-electron chi connectivity index (χ3n) is 3.46. The fraction of sp³-hybridized carbons (Fsp3) is 0.800. The summed E-state index contributed by atoms with van der Waals surface area (Å²) < 4.78 is 6.40. The molecular formula is C10H10Cl4N2O4. The van der Waals surface area contributed by atoms with Gasteiger partial charge in [0.2, 0.25) is 0 Å². The van der Waals surface area contributed by atoms with E-state index in [9.17, 15) is 9.59 Å². The van der Waals surface area contributed by atoms with Crippen LogP contribution >= 0.6 is 46.4 Å². The van der Waals surface area contributed by atoms with Crippen molar-refractivity contribution in [3.05, 3.63) is 0 Å². The summed E-state index contributed by atoms with van der Waals surface area (Å²) in [6.45, 7) is 0.543. The fourth-order valence-electron chi connectivity index (χ4n) is 2.58. The molecule has 0 aromatic rings. The number of rotatable bonds is 0. The molecule has 0 aromatic carbocycles. The Morgan fingerprint density at radius 3 is 1.60 bits per heavy atom. The van der Waals surface area contributed by atoms with Crippen LogP contribution in [0.2, 0.25) is 0 Å². The quantitative estimate of drug-likeness (QED) is 0.615. The molecule has 2 amide bonds. The molecule has 3 fully saturated rings. The summed E-state index contributed by atoms with van der Waals surface area (Å²) in [7, 11) is 0. The van der Waals surface area contributed by atoms with E-state index in [1.807, 2.05) is 0 Å². The van der Waals surface area contributed by atoms with Crippen LogP contribution in [0.3, 0.4) is 0 Å². The molecule has 3 rings (SSSR count). The smallest absolute Gasteiger partial charge is 0.269 e. The summed E-state index contributed by atoms with van der Waals surface area (Å²) >= 11 is 23.4. The van der Waals surface area contributed by atoms with Crippen molar-refractivity contribution >= 4 is 58.2 Å². The average Bonchev–Trinajstić information content (AvgIpc) is 2.59. The van der Waals surface area contributed by atoms with E-state index < -0.39 is 26.9 Å². The van der Waals surface area contributed by atoms with Gasteiger partial charge in [-0.15, -0.1) is 0 Å². The second-order valence-corrected chi connectivity index (χ2v) is 7.28. The van der Waals surface area contributed by atoms with Crippen LogP contribution in [-0.2, 0) is 19.1 Å². The van der Waals surface area contributed by atoms with Crippen molar-refractivity contribution in [3.8, 4) is 0 Å². The Labute approximate surface area is 134 Å². The molecule has 3 heterocycles. The molecule has 0 bridgehead atoms. The van der Waals surface area contributed by atoms with Crippen molar-refractivity contribution in [2.45, 2.75) is 34.3 Å². The van der Waals surface area contributed by atoms with E-state index in [2.05, 4.69) is 0 Å². The molecule has 3 saturated heterocycles. The van der Waals surface area contributed by atoms with E-state index in [4.69, 9.17) is 55.9 Å². The molecule has 6 nitrogen and oxygen atoms in total. The predicted octanol–water partition coefficient (Wildman–Crippen LogP) is 1.76. The lowest BCUT2D eigenvalue weighted by molar-refractivity contribution is -0.327. The zero-order valence-electron chi connectivity index (χ0n) is 10.1. The van der Waals surface area contributed by atoms with Crippen LogP contribution in [0.5, 0.6) is 0 Å². The summed E-state index contributed by atoms with van der Waals surface area (Å²) in [5, 5.41) is 0. The number of carbonyl (C=O) groups is 2. The number of ether oxygens (including phenoxy) is 2. The molecule has 3 aliphatic rings. The lowest BCUT2D eigenvalue weighted by Gasteiger charge is -2.38. The Kier molecular flexibility index (Phi) is 3.37. The highest BCUT2D eigenvalue weighted by Gasteiger charge is 2.73. The Balaban J connectivity index is 2.10. The van der Waals surface area contributed by atoms with Crippen LogP contribution in [-0.4, -0.2) is 49.8 Å². The second-order valence-electron chi connectivity index (χ2n) is 4.76. The van der Waals surface area contributed by atoms with Crippen LogP contribution in [0, 0.1) is 0 Å². The van der Waals surface area contributed by atoms with Crippen LogP contribution in [0.25, 0.3) is 0 Å². The summed E-state index contributed by atoms with van der Waals surface area (Å²) in [5.41, 5.74) is 0. The van der Waals surface area contributed by atoms with E-state index in [0.29, 0.717) is 12.8 Å². The molecule has 10 heteroatoms. The van der Waals surface area contributed by atoms with Gasteiger partial charge in [-0.25, -0.2) is 0 Å². The summed E-state index contributed by atoms with van der Waals surface area (Å²) in [5.74, 6) is -1.40. The maximum absolute atomic E-state index is 12.2. The summed E-state index contributed by atoms with van der Waals surface area (Å²) in [4.78, 5) is 26.8. The van der Waals surface area contributed by atoms with Crippen molar-refractivity contribution < 1.29 is 19.1 Å². The lowest BCUT2D eigenvalue weighted by Crippen LogP contribution is -2.59.